The number of alkyl halides is 2. The van der Waals surface area contributed by atoms with E-state index in [0.717, 1.165) is 32.4 Å². The fraction of sp³-hybridized carbons (Fsp3) is 0.316. The maximum Gasteiger partial charge on any atom is 0.387 e. The van der Waals surface area contributed by atoms with Crippen molar-refractivity contribution in [1.82, 2.24) is 19.4 Å². The summed E-state index contributed by atoms with van der Waals surface area (Å²) in [4.78, 5) is 23.2. The Kier molecular flexibility index (Phi) is 4.70. The van der Waals surface area contributed by atoms with Crippen LogP contribution in [0.25, 0.3) is 16.9 Å². The smallest absolute Gasteiger partial charge is 0.387 e. The van der Waals surface area contributed by atoms with Crippen molar-refractivity contribution in [2.45, 2.75) is 25.9 Å². The lowest BCUT2D eigenvalue weighted by Crippen LogP contribution is -2.35. The summed E-state index contributed by atoms with van der Waals surface area (Å²) < 4.78 is 30.6. The molecule has 0 N–H and O–H groups in total. The van der Waals surface area contributed by atoms with Crippen molar-refractivity contribution in [3.63, 3.8) is 0 Å². The third-order valence-corrected chi connectivity index (χ3v) is 4.62. The molecule has 1 amide bonds. The molecular weight excluding hydrogens is 354 g/mol. The number of imidazole rings is 1. The van der Waals surface area contributed by atoms with Crippen LogP contribution in [0.3, 0.4) is 0 Å². The number of ether oxygens (including phenoxy) is 1. The first-order chi connectivity index (χ1) is 13.1. The molecule has 3 heterocycles. The standard InChI is InChI=1S/C19H18F2N4O2/c20-19(21)27-15-6-4-14(5-7-15)25-12-23-16-10-13(11-22-17(16)25)18(26)24-8-2-1-3-9-24/h4-7,10-12,19H,1-3,8-9H2. The number of carbonyl (C=O) groups is 1. The SMILES string of the molecule is O=C(c1cnc2c(c1)ncn2-c1ccc(OC(F)F)cc1)N1CCCCC1. The first-order valence-electron chi connectivity index (χ1n) is 8.79. The lowest BCUT2D eigenvalue weighted by molar-refractivity contribution is -0.0498. The Bertz CT molecular complexity index is 950. The minimum absolute atomic E-state index is 0.0212. The molecular formula is C19H18F2N4O2. The molecule has 0 unspecified atom stereocenters. The number of piperidine rings is 1. The Morgan fingerprint density at radius 3 is 2.52 bits per heavy atom. The van der Waals surface area contributed by atoms with Crippen LogP contribution in [0.2, 0.25) is 0 Å². The van der Waals surface area contributed by atoms with Crippen molar-refractivity contribution in [1.29, 1.82) is 0 Å². The van der Waals surface area contributed by atoms with Gasteiger partial charge >= 0.3 is 6.61 Å². The first kappa shape index (κ1) is 17.4. The van der Waals surface area contributed by atoms with Gasteiger partial charge in [0.1, 0.15) is 17.6 Å². The van der Waals surface area contributed by atoms with Gasteiger partial charge in [-0.3, -0.25) is 9.36 Å². The lowest BCUT2D eigenvalue weighted by atomic mass is 10.1. The van der Waals surface area contributed by atoms with Gasteiger partial charge in [-0.1, -0.05) is 0 Å². The summed E-state index contributed by atoms with van der Waals surface area (Å²) in [6.07, 6.45) is 6.37. The van der Waals surface area contributed by atoms with Crippen molar-refractivity contribution in [2.24, 2.45) is 0 Å². The average molecular weight is 372 g/mol. The molecule has 1 fully saturated rings. The number of amides is 1. The van der Waals surface area contributed by atoms with Crippen molar-refractivity contribution >= 4 is 17.1 Å². The molecule has 4 rings (SSSR count). The number of pyridine rings is 1. The van der Waals surface area contributed by atoms with E-state index < -0.39 is 6.61 Å². The van der Waals surface area contributed by atoms with E-state index in [2.05, 4.69) is 14.7 Å². The van der Waals surface area contributed by atoms with Crippen LogP contribution < -0.4 is 4.74 Å². The van der Waals surface area contributed by atoms with E-state index in [1.807, 2.05) is 4.90 Å². The van der Waals surface area contributed by atoms with Gasteiger partial charge in [-0.25, -0.2) is 9.97 Å². The Morgan fingerprint density at radius 2 is 1.81 bits per heavy atom. The fourth-order valence-corrected chi connectivity index (χ4v) is 3.27. The molecule has 0 atom stereocenters. The number of nitrogens with zero attached hydrogens (tertiary/aromatic N) is 4. The molecule has 0 spiro atoms. The second-order valence-corrected chi connectivity index (χ2v) is 6.41. The predicted octanol–water partition coefficient (Wildman–Crippen LogP) is 3.65. The van der Waals surface area contributed by atoms with E-state index in [0.29, 0.717) is 22.4 Å². The molecule has 1 aliphatic heterocycles. The van der Waals surface area contributed by atoms with E-state index in [9.17, 15) is 13.6 Å². The summed E-state index contributed by atoms with van der Waals surface area (Å²) >= 11 is 0. The van der Waals surface area contributed by atoms with Gasteiger partial charge in [0, 0.05) is 25.0 Å². The molecule has 27 heavy (non-hydrogen) atoms. The molecule has 0 saturated carbocycles. The molecule has 3 aromatic rings. The molecule has 140 valence electrons. The van der Waals surface area contributed by atoms with E-state index in [4.69, 9.17) is 0 Å². The minimum atomic E-state index is -2.86. The van der Waals surface area contributed by atoms with Gasteiger partial charge in [0.2, 0.25) is 0 Å². The maximum absolute atomic E-state index is 12.6. The van der Waals surface area contributed by atoms with Crippen LogP contribution >= 0.6 is 0 Å². The first-order valence-corrected chi connectivity index (χ1v) is 8.79. The van der Waals surface area contributed by atoms with Gasteiger partial charge in [-0.05, 0) is 49.6 Å². The van der Waals surface area contributed by atoms with E-state index in [-0.39, 0.29) is 11.7 Å². The highest BCUT2D eigenvalue weighted by atomic mass is 19.3. The Hall–Kier alpha value is -3.03. The van der Waals surface area contributed by atoms with Crippen LogP contribution in [0.4, 0.5) is 8.78 Å². The van der Waals surface area contributed by atoms with Crippen LogP contribution in [-0.2, 0) is 0 Å². The minimum Gasteiger partial charge on any atom is -0.435 e. The van der Waals surface area contributed by atoms with Gasteiger partial charge < -0.3 is 9.64 Å². The number of halogens is 2. The zero-order chi connectivity index (χ0) is 18.8. The van der Waals surface area contributed by atoms with Crippen LogP contribution in [-0.4, -0.2) is 45.0 Å². The molecule has 0 radical (unpaired) electrons. The second-order valence-electron chi connectivity index (χ2n) is 6.41. The van der Waals surface area contributed by atoms with Gasteiger partial charge in [0.25, 0.3) is 5.91 Å². The van der Waals surface area contributed by atoms with Crippen LogP contribution in [0.1, 0.15) is 29.6 Å². The van der Waals surface area contributed by atoms with Crippen LogP contribution in [0, 0.1) is 0 Å². The summed E-state index contributed by atoms with van der Waals surface area (Å²) in [5.74, 6) is 0.0627. The van der Waals surface area contributed by atoms with Gasteiger partial charge in [0.05, 0.1) is 5.56 Å². The lowest BCUT2D eigenvalue weighted by Gasteiger charge is -2.26. The van der Waals surface area contributed by atoms with Crippen LogP contribution in [0.5, 0.6) is 5.75 Å². The summed E-state index contributed by atoms with van der Waals surface area (Å²) in [6.45, 7) is -1.31. The van der Waals surface area contributed by atoms with Crippen molar-refractivity contribution in [3.8, 4) is 11.4 Å². The Morgan fingerprint density at radius 1 is 1.07 bits per heavy atom. The Balaban J connectivity index is 1.59. The zero-order valence-corrected chi connectivity index (χ0v) is 14.5. The summed E-state index contributed by atoms with van der Waals surface area (Å²) in [7, 11) is 0. The van der Waals surface area contributed by atoms with Crippen molar-refractivity contribution in [2.75, 3.05) is 13.1 Å². The van der Waals surface area contributed by atoms with Crippen LogP contribution in [0.15, 0.2) is 42.9 Å². The second kappa shape index (κ2) is 7.30. The molecule has 1 saturated heterocycles. The van der Waals surface area contributed by atoms with Crippen molar-refractivity contribution in [3.05, 3.63) is 48.4 Å². The summed E-state index contributed by atoms with van der Waals surface area (Å²) in [5.41, 5.74) is 2.43. The van der Waals surface area contributed by atoms with Crippen molar-refractivity contribution < 1.29 is 18.3 Å². The van der Waals surface area contributed by atoms with E-state index in [1.165, 1.54) is 12.1 Å². The molecule has 2 aromatic heterocycles. The monoisotopic (exact) mass is 372 g/mol. The highest BCUT2D eigenvalue weighted by molar-refractivity contribution is 5.96. The predicted molar refractivity (Wildman–Crippen MR) is 95.3 cm³/mol. The number of rotatable bonds is 4. The topological polar surface area (TPSA) is 60.3 Å². The number of aromatic nitrogens is 3. The average Bonchev–Trinajstić information content (AvgIpc) is 3.11. The highest BCUT2D eigenvalue weighted by Crippen LogP contribution is 2.22. The molecule has 6 nitrogen and oxygen atoms in total. The highest BCUT2D eigenvalue weighted by Gasteiger charge is 2.19. The summed E-state index contributed by atoms with van der Waals surface area (Å²) in [5, 5.41) is 0. The number of hydrogen-bond acceptors (Lipinski definition) is 4. The van der Waals surface area contributed by atoms with Gasteiger partial charge in [-0.15, -0.1) is 0 Å². The molecule has 0 aliphatic carbocycles. The van der Waals surface area contributed by atoms with Gasteiger partial charge in [0.15, 0.2) is 5.65 Å². The number of benzene rings is 1. The quantitative estimate of drug-likeness (QED) is 0.701. The fourth-order valence-electron chi connectivity index (χ4n) is 3.27. The van der Waals surface area contributed by atoms with Gasteiger partial charge in [-0.2, -0.15) is 8.78 Å². The number of fused-ring (bicyclic) bond motifs is 1. The summed E-state index contributed by atoms with van der Waals surface area (Å²) in [6, 6.07) is 7.95. The number of carbonyl (C=O) groups excluding carboxylic acids is 1. The van der Waals surface area contributed by atoms with E-state index in [1.54, 1.807) is 35.3 Å². The third kappa shape index (κ3) is 3.60. The molecule has 0 bridgehead atoms. The molecule has 1 aromatic carbocycles. The molecule has 1 aliphatic rings. The normalized spacial score (nSPS) is 14.7. The number of hydrogen-bond donors (Lipinski definition) is 0. The zero-order valence-electron chi connectivity index (χ0n) is 14.5. The molecule has 8 heteroatoms. The maximum atomic E-state index is 12.6. The number of likely N-dealkylation sites (tertiary alicyclic amines) is 1. The largest absolute Gasteiger partial charge is 0.435 e. The third-order valence-electron chi connectivity index (χ3n) is 4.62. The van der Waals surface area contributed by atoms with E-state index >= 15 is 0 Å². The Labute approximate surface area is 154 Å².